The first-order valence-corrected chi connectivity index (χ1v) is 6.11. The number of nitrogen functional groups attached to an aromatic ring is 1. The molecule has 0 unspecified atom stereocenters. The summed E-state index contributed by atoms with van der Waals surface area (Å²) >= 11 is 0. The van der Waals surface area contributed by atoms with Crippen molar-refractivity contribution in [2.75, 3.05) is 5.73 Å². The molecular weight excluding hydrogens is 238 g/mol. The molecule has 0 aliphatic heterocycles. The van der Waals surface area contributed by atoms with Gasteiger partial charge in [0.05, 0.1) is 17.1 Å². The molecule has 0 saturated carbocycles. The zero-order valence-electron chi connectivity index (χ0n) is 10.9. The van der Waals surface area contributed by atoms with Crippen LogP contribution < -0.4 is 5.73 Å². The summed E-state index contributed by atoms with van der Waals surface area (Å²) in [6.07, 6.45) is 1.74. The van der Waals surface area contributed by atoms with Gasteiger partial charge in [-0.05, 0) is 24.6 Å². The van der Waals surface area contributed by atoms with Crippen molar-refractivity contribution in [1.82, 2.24) is 9.55 Å². The van der Waals surface area contributed by atoms with E-state index in [2.05, 4.69) is 4.98 Å². The molecule has 0 saturated heterocycles. The number of anilines is 1. The van der Waals surface area contributed by atoms with Gasteiger partial charge in [0.15, 0.2) is 0 Å². The molecule has 0 aliphatic carbocycles. The Morgan fingerprint density at radius 2 is 2.11 bits per heavy atom. The van der Waals surface area contributed by atoms with Crippen molar-refractivity contribution < 1.29 is 4.79 Å². The van der Waals surface area contributed by atoms with E-state index in [1.54, 1.807) is 16.8 Å². The summed E-state index contributed by atoms with van der Waals surface area (Å²) in [6.45, 7) is 2.02. The Kier molecular flexibility index (Phi) is 2.45. The van der Waals surface area contributed by atoms with E-state index in [4.69, 9.17) is 5.73 Å². The maximum absolute atomic E-state index is 12.5. The standard InChI is InChI=1S/C15H15N3O/c1-9-4-3-5-10-6-12(17-14(9)10)15(19)13-7-11(16)8-18(13)2/h3-8,17H,16H2,1-2H3. The number of nitrogens with zero attached hydrogens (tertiary/aromatic N) is 1. The van der Waals surface area contributed by atoms with Gasteiger partial charge in [-0.1, -0.05) is 18.2 Å². The number of carbonyl (C=O) groups excluding carboxylic acids is 1. The summed E-state index contributed by atoms with van der Waals surface area (Å²) in [7, 11) is 1.82. The van der Waals surface area contributed by atoms with Crippen LogP contribution in [-0.2, 0) is 7.05 Å². The fraction of sp³-hybridized carbons (Fsp3) is 0.133. The predicted octanol–water partition coefficient (Wildman–Crippen LogP) is 2.63. The molecule has 0 fully saturated rings. The summed E-state index contributed by atoms with van der Waals surface area (Å²) in [4.78, 5) is 15.6. The summed E-state index contributed by atoms with van der Waals surface area (Å²) in [5.41, 5.74) is 9.62. The van der Waals surface area contributed by atoms with E-state index >= 15 is 0 Å². The largest absolute Gasteiger partial charge is 0.397 e. The highest BCUT2D eigenvalue weighted by atomic mass is 16.1. The Bertz CT molecular complexity index is 780. The van der Waals surface area contributed by atoms with E-state index in [0.29, 0.717) is 17.1 Å². The molecule has 2 heterocycles. The highest BCUT2D eigenvalue weighted by molar-refractivity contribution is 6.09. The number of nitrogens with two attached hydrogens (primary N) is 1. The van der Waals surface area contributed by atoms with Gasteiger partial charge < -0.3 is 15.3 Å². The molecule has 96 valence electrons. The van der Waals surface area contributed by atoms with Crippen LogP contribution >= 0.6 is 0 Å². The maximum atomic E-state index is 12.5. The molecule has 3 N–H and O–H groups in total. The average Bonchev–Trinajstić information content (AvgIpc) is 2.93. The molecule has 0 amide bonds. The lowest BCUT2D eigenvalue weighted by Gasteiger charge is -1.99. The van der Waals surface area contributed by atoms with Crippen LogP contribution in [0, 0.1) is 6.92 Å². The van der Waals surface area contributed by atoms with Crippen LogP contribution in [0.4, 0.5) is 5.69 Å². The van der Waals surface area contributed by atoms with E-state index < -0.39 is 0 Å². The van der Waals surface area contributed by atoms with Gasteiger partial charge in [-0.3, -0.25) is 4.79 Å². The van der Waals surface area contributed by atoms with Crippen molar-refractivity contribution in [1.29, 1.82) is 0 Å². The van der Waals surface area contributed by atoms with Gasteiger partial charge in [-0.2, -0.15) is 0 Å². The summed E-state index contributed by atoms with van der Waals surface area (Å²) < 4.78 is 1.75. The van der Waals surface area contributed by atoms with Crippen molar-refractivity contribution in [2.24, 2.45) is 7.05 Å². The number of H-pyrrole nitrogens is 1. The number of carbonyl (C=O) groups is 1. The zero-order valence-corrected chi connectivity index (χ0v) is 10.9. The van der Waals surface area contributed by atoms with Crippen molar-refractivity contribution in [3.63, 3.8) is 0 Å². The van der Waals surface area contributed by atoms with Crippen LogP contribution in [0.1, 0.15) is 21.7 Å². The topological polar surface area (TPSA) is 63.8 Å². The minimum atomic E-state index is -0.0465. The third-order valence-electron chi connectivity index (χ3n) is 3.37. The van der Waals surface area contributed by atoms with Gasteiger partial charge in [0.25, 0.3) is 0 Å². The van der Waals surface area contributed by atoms with E-state index in [9.17, 15) is 4.79 Å². The monoisotopic (exact) mass is 253 g/mol. The first-order valence-electron chi connectivity index (χ1n) is 6.11. The molecule has 4 heteroatoms. The highest BCUT2D eigenvalue weighted by Gasteiger charge is 2.16. The lowest BCUT2D eigenvalue weighted by atomic mass is 10.1. The molecule has 1 aromatic carbocycles. The van der Waals surface area contributed by atoms with Crippen molar-refractivity contribution in [2.45, 2.75) is 6.92 Å². The summed E-state index contributed by atoms with van der Waals surface area (Å²) in [6, 6.07) is 9.58. The Morgan fingerprint density at radius 3 is 2.74 bits per heavy atom. The molecule has 0 aliphatic rings. The number of aromatic amines is 1. The smallest absolute Gasteiger partial charge is 0.225 e. The Hall–Kier alpha value is -2.49. The number of rotatable bonds is 2. The molecule has 0 radical (unpaired) electrons. The van der Waals surface area contributed by atoms with Crippen LogP contribution in [-0.4, -0.2) is 15.3 Å². The molecule has 19 heavy (non-hydrogen) atoms. The number of ketones is 1. The number of aromatic nitrogens is 2. The number of benzene rings is 1. The van der Waals surface area contributed by atoms with Crippen LogP contribution in [0.3, 0.4) is 0 Å². The van der Waals surface area contributed by atoms with E-state index in [-0.39, 0.29) is 5.78 Å². The van der Waals surface area contributed by atoms with Gasteiger partial charge in [0.1, 0.15) is 0 Å². The second-order valence-corrected chi connectivity index (χ2v) is 4.82. The lowest BCUT2D eigenvalue weighted by molar-refractivity contribution is 0.102. The SMILES string of the molecule is Cc1cccc2cc(C(=O)c3cc(N)cn3C)[nH]c12. The molecule has 2 aromatic heterocycles. The zero-order chi connectivity index (χ0) is 13.6. The van der Waals surface area contributed by atoms with Gasteiger partial charge in [-0.25, -0.2) is 0 Å². The number of fused-ring (bicyclic) bond motifs is 1. The second-order valence-electron chi connectivity index (χ2n) is 4.82. The maximum Gasteiger partial charge on any atom is 0.225 e. The fourth-order valence-electron chi connectivity index (χ4n) is 2.38. The van der Waals surface area contributed by atoms with Gasteiger partial charge in [0, 0.05) is 24.1 Å². The molecule has 0 atom stereocenters. The van der Waals surface area contributed by atoms with Crippen LogP contribution in [0.5, 0.6) is 0 Å². The molecule has 0 bridgehead atoms. The third kappa shape index (κ3) is 1.81. The molecule has 4 nitrogen and oxygen atoms in total. The predicted molar refractivity (Wildman–Crippen MR) is 76.3 cm³/mol. The Labute approximate surface area is 110 Å². The van der Waals surface area contributed by atoms with Gasteiger partial charge in [0.2, 0.25) is 5.78 Å². The molecule has 3 aromatic rings. The summed E-state index contributed by atoms with van der Waals surface area (Å²) in [5, 5.41) is 1.05. The number of aryl methyl sites for hydroxylation is 2. The molecular formula is C15H15N3O. The van der Waals surface area contributed by atoms with Crippen molar-refractivity contribution in [3.05, 3.63) is 53.5 Å². The van der Waals surface area contributed by atoms with Crippen LogP contribution in [0.2, 0.25) is 0 Å². The second kappa shape index (κ2) is 4.02. The van der Waals surface area contributed by atoms with Crippen LogP contribution in [0.25, 0.3) is 10.9 Å². The number of para-hydroxylation sites is 1. The Morgan fingerprint density at radius 1 is 1.32 bits per heavy atom. The number of hydrogen-bond acceptors (Lipinski definition) is 2. The van der Waals surface area contributed by atoms with Gasteiger partial charge >= 0.3 is 0 Å². The van der Waals surface area contributed by atoms with Crippen molar-refractivity contribution in [3.8, 4) is 0 Å². The minimum absolute atomic E-state index is 0.0465. The highest BCUT2D eigenvalue weighted by Crippen LogP contribution is 2.21. The first kappa shape index (κ1) is 11.6. The molecule has 0 spiro atoms. The number of nitrogens with one attached hydrogen (secondary N) is 1. The number of hydrogen-bond donors (Lipinski definition) is 2. The quantitative estimate of drug-likeness (QED) is 0.689. The summed E-state index contributed by atoms with van der Waals surface area (Å²) in [5.74, 6) is -0.0465. The first-order chi connectivity index (χ1) is 9.06. The Balaban J connectivity index is 2.12. The van der Waals surface area contributed by atoms with Crippen LogP contribution in [0.15, 0.2) is 36.5 Å². The normalized spacial score (nSPS) is 11.1. The lowest BCUT2D eigenvalue weighted by Crippen LogP contribution is -2.06. The van der Waals surface area contributed by atoms with E-state index in [1.165, 1.54) is 0 Å². The average molecular weight is 253 g/mol. The van der Waals surface area contributed by atoms with E-state index in [0.717, 1.165) is 16.5 Å². The fourth-order valence-corrected chi connectivity index (χ4v) is 2.38. The minimum Gasteiger partial charge on any atom is -0.397 e. The van der Waals surface area contributed by atoms with Crippen molar-refractivity contribution >= 4 is 22.4 Å². The third-order valence-corrected chi connectivity index (χ3v) is 3.37. The van der Waals surface area contributed by atoms with Gasteiger partial charge in [-0.15, -0.1) is 0 Å². The molecule has 3 rings (SSSR count). The van der Waals surface area contributed by atoms with E-state index in [1.807, 2.05) is 38.2 Å².